The molecule has 0 unspecified atom stereocenters. The minimum Gasteiger partial charge on any atom is -0.335 e. The maximum Gasteiger partial charge on any atom is 0.223 e. The molecule has 1 fully saturated rings. The Morgan fingerprint density at radius 3 is 2.84 bits per heavy atom. The molecule has 3 heteroatoms. The van der Waals surface area contributed by atoms with Crippen LogP contribution in [-0.4, -0.2) is 29.7 Å². The van der Waals surface area contributed by atoms with Crippen LogP contribution in [-0.2, 0) is 16.0 Å². The molecule has 1 aliphatic heterocycles. The van der Waals surface area contributed by atoms with Crippen LogP contribution in [0.1, 0.15) is 36.0 Å². The molecular formula is C16H21NO2. The van der Waals surface area contributed by atoms with Gasteiger partial charge in [-0.3, -0.25) is 9.59 Å². The Morgan fingerprint density at radius 2 is 2.11 bits per heavy atom. The lowest BCUT2D eigenvalue weighted by Gasteiger charge is -2.26. The lowest BCUT2D eigenvalue weighted by molar-refractivity contribution is -0.137. The van der Waals surface area contributed by atoms with Gasteiger partial charge in [-0.15, -0.1) is 0 Å². The summed E-state index contributed by atoms with van der Waals surface area (Å²) >= 11 is 0. The second kappa shape index (κ2) is 6.00. The fourth-order valence-electron chi connectivity index (χ4n) is 2.52. The molecule has 0 atom stereocenters. The van der Waals surface area contributed by atoms with Crippen LogP contribution in [0, 0.1) is 13.8 Å². The van der Waals surface area contributed by atoms with E-state index in [1.165, 1.54) is 16.7 Å². The van der Waals surface area contributed by atoms with Crippen molar-refractivity contribution in [1.29, 1.82) is 0 Å². The normalized spacial score (nSPS) is 15.7. The highest BCUT2D eigenvalue weighted by molar-refractivity contribution is 5.87. The molecular weight excluding hydrogens is 238 g/mol. The van der Waals surface area contributed by atoms with Crippen molar-refractivity contribution in [2.75, 3.05) is 13.1 Å². The van der Waals surface area contributed by atoms with Crippen LogP contribution in [0.25, 0.3) is 0 Å². The van der Waals surface area contributed by atoms with Crippen molar-refractivity contribution in [3.8, 4) is 0 Å². The Bertz CT molecular complexity index is 494. The predicted octanol–water partition coefficient (Wildman–Crippen LogP) is 2.43. The lowest BCUT2D eigenvalue weighted by atomic mass is 10.0. The molecule has 1 saturated heterocycles. The van der Waals surface area contributed by atoms with Gasteiger partial charge in [0.1, 0.15) is 0 Å². The molecule has 0 aromatic heterocycles. The number of aryl methyl sites for hydroxylation is 3. The first-order valence-electron chi connectivity index (χ1n) is 6.92. The van der Waals surface area contributed by atoms with Gasteiger partial charge in [0.2, 0.25) is 5.91 Å². The summed E-state index contributed by atoms with van der Waals surface area (Å²) in [5.41, 5.74) is 3.69. The Morgan fingerprint density at radius 1 is 1.32 bits per heavy atom. The number of carbonyl (C=O) groups excluding carboxylic acids is 2. The van der Waals surface area contributed by atoms with Crippen LogP contribution in [0.4, 0.5) is 0 Å². The number of hydrogen-bond donors (Lipinski definition) is 0. The van der Waals surface area contributed by atoms with Crippen molar-refractivity contribution in [2.45, 2.75) is 39.5 Å². The summed E-state index contributed by atoms with van der Waals surface area (Å²) in [6.45, 7) is 5.18. The molecule has 1 aromatic rings. The maximum atomic E-state index is 12.1. The predicted molar refractivity (Wildman–Crippen MR) is 75.1 cm³/mol. The second-order valence-electron chi connectivity index (χ2n) is 5.39. The van der Waals surface area contributed by atoms with Crippen LogP contribution in [0.15, 0.2) is 18.2 Å². The van der Waals surface area contributed by atoms with E-state index in [2.05, 4.69) is 32.0 Å². The summed E-state index contributed by atoms with van der Waals surface area (Å²) < 4.78 is 0. The zero-order chi connectivity index (χ0) is 13.8. The third-order valence-electron chi connectivity index (χ3n) is 3.72. The van der Waals surface area contributed by atoms with Crippen molar-refractivity contribution >= 4 is 11.7 Å². The van der Waals surface area contributed by atoms with E-state index in [4.69, 9.17) is 0 Å². The summed E-state index contributed by atoms with van der Waals surface area (Å²) in [7, 11) is 0. The first-order chi connectivity index (χ1) is 9.06. The van der Waals surface area contributed by atoms with Gasteiger partial charge in [-0.1, -0.05) is 23.8 Å². The van der Waals surface area contributed by atoms with E-state index >= 15 is 0 Å². The van der Waals surface area contributed by atoms with Gasteiger partial charge in [-0.05, 0) is 37.8 Å². The number of benzene rings is 1. The molecule has 3 nitrogen and oxygen atoms in total. The SMILES string of the molecule is Cc1ccc(C)c(CCC(=O)N2CCCC(=O)C2)c1. The van der Waals surface area contributed by atoms with Crippen LogP contribution in [0.5, 0.6) is 0 Å². The smallest absolute Gasteiger partial charge is 0.223 e. The van der Waals surface area contributed by atoms with Gasteiger partial charge in [-0.25, -0.2) is 0 Å². The number of likely N-dealkylation sites (tertiary alicyclic amines) is 1. The highest BCUT2D eigenvalue weighted by atomic mass is 16.2. The minimum atomic E-state index is 0.106. The maximum absolute atomic E-state index is 12.1. The van der Waals surface area contributed by atoms with E-state index in [0.29, 0.717) is 19.4 Å². The summed E-state index contributed by atoms with van der Waals surface area (Å²) in [6, 6.07) is 6.33. The standard InChI is InChI=1S/C16H21NO2/c1-12-5-6-13(2)14(10-12)7-8-16(19)17-9-3-4-15(18)11-17/h5-6,10H,3-4,7-9,11H2,1-2H3. The van der Waals surface area contributed by atoms with Crippen molar-refractivity contribution < 1.29 is 9.59 Å². The third kappa shape index (κ3) is 3.66. The molecule has 1 amide bonds. The Hall–Kier alpha value is -1.64. The summed E-state index contributed by atoms with van der Waals surface area (Å²) in [6.07, 6.45) is 2.70. The average molecular weight is 259 g/mol. The number of carbonyl (C=O) groups is 2. The van der Waals surface area contributed by atoms with Gasteiger partial charge in [-0.2, -0.15) is 0 Å². The molecule has 1 aliphatic rings. The minimum absolute atomic E-state index is 0.106. The number of ketones is 1. The first-order valence-corrected chi connectivity index (χ1v) is 6.92. The molecule has 0 N–H and O–H groups in total. The van der Waals surface area contributed by atoms with E-state index in [1.807, 2.05) is 0 Å². The van der Waals surface area contributed by atoms with E-state index in [9.17, 15) is 9.59 Å². The monoisotopic (exact) mass is 259 g/mol. The van der Waals surface area contributed by atoms with Gasteiger partial charge in [0.15, 0.2) is 5.78 Å². The summed E-state index contributed by atoms with van der Waals surface area (Å²) in [5, 5.41) is 0. The van der Waals surface area contributed by atoms with Crippen LogP contribution >= 0.6 is 0 Å². The highest BCUT2D eigenvalue weighted by Crippen LogP contribution is 2.14. The molecule has 0 radical (unpaired) electrons. The van der Waals surface area contributed by atoms with Crippen LogP contribution in [0.3, 0.4) is 0 Å². The molecule has 1 aromatic carbocycles. The van der Waals surface area contributed by atoms with Crippen LogP contribution in [0.2, 0.25) is 0 Å². The molecule has 1 heterocycles. The molecule has 0 saturated carbocycles. The molecule has 0 bridgehead atoms. The van der Waals surface area contributed by atoms with Crippen molar-refractivity contribution in [1.82, 2.24) is 4.90 Å². The zero-order valence-electron chi connectivity index (χ0n) is 11.7. The summed E-state index contributed by atoms with van der Waals surface area (Å²) in [5.74, 6) is 0.292. The molecule has 2 rings (SSSR count). The molecule has 19 heavy (non-hydrogen) atoms. The van der Waals surface area contributed by atoms with E-state index < -0.39 is 0 Å². The largest absolute Gasteiger partial charge is 0.335 e. The van der Waals surface area contributed by atoms with Gasteiger partial charge in [0.05, 0.1) is 6.54 Å². The number of hydrogen-bond acceptors (Lipinski definition) is 2. The number of Topliss-reactive ketones (excluding diaryl/α,β-unsaturated/α-hetero) is 1. The lowest BCUT2D eigenvalue weighted by Crippen LogP contribution is -2.40. The molecule has 0 spiro atoms. The van der Waals surface area contributed by atoms with Crippen LogP contribution < -0.4 is 0 Å². The highest BCUT2D eigenvalue weighted by Gasteiger charge is 2.21. The topological polar surface area (TPSA) is 37.4 Å². The number of piperidine rings is 1. The van der Waals surface area contributed by atoms with Gasteiger partial charge < -0.3 is 4.90 Å². The Labute approximate surface area is 114 Å². The van der Waals surface area contributed by atoms with E-state index in [0.717, 1.165) is 19.4 Å². The van der Waals surface area contributed by atoms with Crippen molar-refractivity contribution in [3.63, 3.8) is 0 Å². The zero-order valence-corrected chi connectivity index (χ0v) is 11.7. The van der Waals surface area contributed by atoms with Gasteiger partial charge in [0, 0.05) is 19.4 Å². The second-order valence-corrected chi connectivity index (χ2v) is 5.39. The fraction of sp³-hybridized carbons (Fsp3) is 0.500. The van der Waals surface area contributed by atoms with Crippen molar-refractivity contribution in [2.24, 2.45) is 0 Å². The molecule has 0 aliphatic carbocycles. The Balaban J connectivity index is 1.92. The Kier molecular flexibility index (Phi) is 4.35. The number of rotatable bonds is 3. The summed E-state index contributed by atoms with van der Waals surface area (Å²) in [4.78, 5) is 25.1. The quantitative estimate of drug-likeness (QED) is 0.836. The number of amides is 1. The average Bonchev–Trinajstić information content (AvgIpc) is 2.39. The third-order valence-corrected chi connectivity index (χ3v) is 3.72. The van der Waals surface area contributed by atoms with Crippen molar-refractivity contribution in [3.05, 3.63) is 34.9 Å². The van der Waals surface area contributed by atoms with Gasteiger partial charge in [0.25, 0.3) is 0 Å². The first kappa shape index (κ1) is 13.8. The molecule has 102 valence electrons. The van der Waals surface area contributed by atoms with E-state index in [1.54, 1.807) is 4.90 Å². The fourth-order valence-corrected chi connectivity index (χ4v) is 2.52. The van der Waals surface area contributed by atoms with Gasteiger partial charge >= 0.3 is 0 Å². The number of nitrogens with zero attached hydrogens (tertiary/aromatic N) is 1. The van der Waals surface area contributed by atoms with E-state index in [-0.39, 0.29) is 11.7 Å².